The summed E-state index contributed by atoms with van der Waals surface area (Å²) < 4.78 is 0. The van der Waals surface area contributed by atoms with Crippen LogP contribution >= 0.6 is 0 Å². The molecule has 2 unspecified atom stereocenters. The Morgan fingerprint density at radius 1 is 0.559 bits per heavy atom. The predicted octanol–water partition coefficient (Wildman–Crippen LogP) is -19.3. The van der Waals surface area contributed by atoms with Gasteiger partial charge in [-0.25, -0.2) is 14.4 Å². The Kier molecular flexibility index (Phi) is 77.8. The number of hydrogen-bond acceptors (Lipinski definition) is 11. The number of unbranched alkanes of at least 4 members (excludes halogenated alkanes) is 5. The number of nitrogens with one attached hydrogen (secondary N) is 4. The van der Waals surface area contributed by atoms with Gasteiger partial charge in [0.25, 0.3) is 20.4 Å². The van der Waals surface area contributed by atoms with Crippen molar-refractivity contribution >= 4 is 50.2 Å². The summed E-state index contributed by atoms with van der Waals surface area (Å²) in [5.41, 5.74) is 1.84. The van der Waals surface area contributed by atoms with Crippen LogP contribution in [0.4, 0.5) is 4.79 Å². The molecule has 0 bridgehead atoms. The average molecular weight is 1460 g/mol. The number of carboxylic acids is 3. The normalized spacial score (nSPS) is 9.51. The van der Waals surface area contributed by atoms with Crippen LogP contribution < -0.4 is 140 Å². The zero-order chi connectivity index (χ0) is 38.9. The summed E-state index contributed by atoms with van der Waals surface area (Å²) in [5, 5.41) is 37.9. The number of pyridine rings is 2. The van der Waals surface area contributed by atoms with Gasteiger partial charge in [0, 0.05) is 31.8 Å². The van der Waals surface area contributed by atoms with Gasteiger partial charge in [-0.1, -0.05) is 31.4 Å². The topological polar surface area (TPSA) is 271 Å². The number of aromatic nitrogens is 2. The van der Waals surface area contributed by atoms with Crippen molar-refractivity contribution < 1.29 is 193 Å². The van der Waals surface area contributed by atoms with Crippen LogP contribution in [0.5, 0.6) is 0 Å². The summed E-state index contributed by atoms with van der Waals surface area (Å²) in [4.78, 5) is 89.1. The molecule has 2 heterocycles. The number of amides is 3. The van der Waals surface area contributed by atoms with Crippen molar-refractivity contribution in [2.24, 2.45) is 0 Å². The Hall–Kier alpha value is -1.56. The van der Waals surface area contributed by atoms with Crippen molar-refractivity contribution in [2.75, 3.05) is 13.1 Å². The first-order chi connectivity index (χ1) is 24.7. The van der Waals surface area contributed by atoms with Crippen molar-refractivity contribution in [3.8, 4) is 0 Å². The number of carbonyl (C=O) groups excluding carboxylic acids is 5. The number of halogens is 7. The van der Waals surface area contributed by atoms with Gasteiger partial charge in [0.2, 0.25) is 5.91 Å². The van der Waals surface area contributed by atoms with Gasteiger partial charge in [0.05, 0.1) is 17.4 Å². The molecule has 3 amide bonds. The third kappa shape index (κ3) is 42.9. The maximum absolute atomic E-state index is 12.1. The standard InChI is InChI=1S/C31H44N6O8.3CO.7BrH.Re/c38-26(34-20-11-7-14-24(29(41)42)36-31(45)37-25(30(43)44)16-17-27(39)40)15-4-2-1-3-8-21-35-28(22-12-5-9-18-32-22)23-13-6-10-19-33-23;3*1-2;;;;;;;;/h5-6,9-10,12-13,18-19,24-25,28,35H,1-4,7-8,11,14-17,20-21H2,(H,34,38)(H,39,40)(H,41,42)(H,43,44)(H2,36,37,45);;;;7*1H;/q;;;;;;;;;;;+7/p-7. The van der Waals surface area contributed by atoms with E-state index in [4.69, 9.17) is 24.6 Å². The van der Waals surface area contributed by atoms with Gasteiger partial charge in [0.15, 0.2) is 0 Å². The van der Waals surface area contributed by atoms with Crippen LogP contribution in [0.1, 0.15) is 88.1 Å². The maximum Gasteiger partial charge on any atom is 7.00 e. The fourth-order valence-corrected chi connectivity index (χ4v) is 4.57. The molecule has 332 valence electrons. The minimum absolute atomic E-state index is 0. The molecule has 0 aromatic carbocycles. The quantitative estimate of drug-likeness (QED) is 0.0510. The SMILES string of the molecule is O=C(O)CCC(NC(=O)NC(CCCCNC(=O)CCCCCCCNC(c1ccccn1)c1ccccn1)C(=O)O)C(=O)O.[Br-].[Br-].[Br-].[Br-].[Br-].[Br-].[Br-].[C]=O.[C]=O.[C]=O.[Re+7]. The fraction of sp³-hybridized carbons (Fsp3) is 0.471. The summed E-state index contributed by atoms with van der Waals surface area (Å²) in [7, 11) is 0. The van der Waals surface area contributed by atoms with E-state index in [0.717, 1.165) is 50.0 Å². The smallest absolute Gasteiger partial charge is 1.00 e. The molecule has 2 atom stereocenters. The Bertz CT molecular complexity index is 1250. The molecule has 6 radical (unpaired) electrons. The molecular formula is C34H44Br7N6O11Re. The zero-order valence-electron chi connectivity index (χ0n) is 31.1. The number of carboxylic acid groups (broad SMARTS) is 3. The second-order valence-corrected chi connectivity index (χ2v) is 10.6. The van der Waals surface area contributed by atoms with Crippen molar-refractivity contribution in [2.45, 2.75) is 88.8 Å². The third-order valence-corrected chi connectivity index (χ3v) is 6.99. The van der Waals surface area contributed by atoms with Gasteiger partial charge in [0.1, 0.15) is 12.1 Å². The molecule has 0 aliphatic rings. The molecule has 25 heteroatoms. The minimum atomic E-state index is -1.46. The van der Waals surface area contributed by atoms with Gasteiger partial charge in [-0.05, 0) is 69.3 Å². The molecule has 2 aromatic rings. The Balaban J connectivity index is -0.000000204. The maximum atomic E-state index is 12.1. The van der Waals surface area contributed by atoms with E-state index in [0.29, 0.717) is 25.8 Å². The zero-order valence-corrected chi connectivity index (χ0v) is 44.9. The van der Waals surface area contributed by atoms with Crippen molar-refractivity contribution in [3.63, 3.8) is 0 Å². The van der Waals surface area contributed by atoms with E-state index in [9.17, 15) is 29.1 Å². The number of rotatable bonds is 23. The Labute approximate surface area is 432 Å². The van der Waals surface area contributed by atoms with Crippen LogP contribution in [0.25, 0.3) is 0 Å². The molecule has 2 rings (SSSR count). The van der Waals surface area contributed by atoms with Crippen molar-refractivity contribution in [1.82, 2.24) is 31.2 Å². The second kappa shape index (κ2) is 56.4. The fourth-order valence-electron chi connectivity index (χ4n) is 4.57. The summed E-state index contributed by atoms with van der Waals surface area (Å²) in [5.74, 6) is -4.00. The van der Waals surface area contributed by atoms with E-state index in [-0.39, 0.29) is 164 Å². The van der Waals surface area contributed by atoms with Gasteiger partial charge in [-0.15, -0.1) is 0 Å². The van der Waals surface area contributed by atoms with Crippen molar-refractivity contribution in [1.29, 1.82) is 0 Å². The molecule has 2 aromatic heterocycles. The second-order valence-electron chi connectivity index (χ2n) is 10.6. The van der Waals surface area contributed by atoms with Gasteiger partial charge < -0.3 is 155 Å². The first-order valence-corrected chi connectivity index (χ1v) is 15.8. The van der Waals surface area contributed by atoms with E-state index in [1.54, 1.807) is 12.4 Å². The first-order valence-electron chi connectivity index (χ1n) is 15.8. The Morgan fingerprint density at radius 3 is 1.41 bits per heavy atom. The molecule has 0 saturated heterocycles. The summed E-state index contributed by atoms with van der Waals surface area (Å²) in [6.07, 6.45) is 8.86. The van der Waals surface area contributed by atoms with Gasteiger partial charge >= 0.3 is 44.4 Å². The van der Waals surface area contributed by atoms with Gasteiger partial charge in [-0.2, -0.15) is 0 Å². The number of nitrogens with zero attached hydrogens (tertiary/aromatic N) is 2. The van der Waals surface area contributed by atoms with Crippen LogP contribution in [0.3, 0.4) is 0 Å². The molecule has 17 nitrogen and oxygen atoms in total. The predicted molar refractivity (Wildman–Crippen MR) is 181 cm³/mol. The Morgan fingerprint density at radius 2 is 0.983 bits per heavy atom. The molecule has 0 spiro atoms. The van der Waals surface area contributed by atoms with E-state index < -0.39 is 42.4 Å². The van der Waals surface area contributed by atoms with E-state index >= 15 is 0 Å². The summed E-state index contributed by atoms with van der Waals surface area (Å²) in [6, 6.07) is 7.85. The van der Waals surface area contributed by atoms with Crippen LogP contribution in [0.15, 0.2) is 48.8 Å². The number of aliphatic carboxylic acids is 3. The van der Waals surface area contributed by atoms with Crippen LogP contribution in [-0.2, 0) is 54.0 Å². The van der Waals surface area contributed by atoms with E-state index in [1.807, 2.05) is 36.4 Å². The number of urea groups is 1. The molecule has 0 aliphatic carbocycles. The van der Waals surface area contributed by atoms with Crippen LogP contribution in [0.2, 0.25) is 0 Å². The van der Waals surface area contributed by atoms with E-state index in [1.165, 1.54) is 0 Å². The largest absolute Gasteiger partial charge is 7.00 e. The van der Waals surface area contributed by atoms with E-state index in [2.05, 4.69) is 51.6 Å². The molecule has 0 fully saturated rings. The van der Waals surface area contributed by atoms with Crippen LogP contribution in [0, 0.1) is 0 Å². The number of carbonyl (C=O) groups is 5. The minimum Gasteiger partial charge on any atom is -1.00 e. The van der Waals surface area contributed by atoms with Gasteiger partial charge in [-0.3, -0.25) is 33.9 Å². The third-order valence-electron chi connectivity index (χ3n) is 6.99. The average Bonchev–Trinajstić information content (AvgIpc) is 3.15. The number of hydrogen-bond donors (Lipinski definition) is 7. The van der Waals surface area contributed by atoms with Crippen LogP contribution in [-0.4, -0.2) is 101 Å². The monoisotopic (exact) mass is 1450 g/mol. The summed E-state index contributed by atoms with van der Waals surface area (Å²) >= 11 is 0. The molecule has 0 aliphatic heterocycles. The molecule has 7 N–H and O–H groups in total. The molecule has 59 heavy (non-hydrogen) atoms. The summed E-state index contributed by atoms with van der Waals surface area (Å²) in [6.45, 7) is 14.7. The molecule has 0 saturated carbocycles. The van der Waals surface area contributed by atoms with Crippen molar-refractivity contribution in [3.05, 3.63) is 60.2 Å². The molecular weight excluding hydrogens is 1410 g/mol. The first kappa shape index (κ1) is 81.3.